The highest BCUT2D eigenvalue weighted by Gasteiger charge is 2.14. The molecule has 2 aromatic heterocycles. The molecular weight excluding hydrogens is 368 g/mol. The molecule has 0 atom stereocenters. The van der Waals surface area contributed by atoms with Crippen molar-refractivity contribution in [1.82, 2.24) is 4.98 Å². The van der Waals surface area contributed by atoms with Crippen LogP contribution in [-0.2, 0) is 0 Å². The molecule has 0 bridgehead atoms. The van der Waals surface area contributed by atoms with Crippen molar-refractivity contribution >= 4 is 72.0 Å². The summed E-state index contributed by atoms with van der Waals surface area (Å²) in [5, 5.41) is 5.10. The van der Waals surface area contributed by atoms with E-state index in [1.807, 2.05) is 6.07 Å². The summed E-state index contributed by atoms with van der Waals surface area (Å²) < 4.78 is 1.90. The first kappa shape index (κ1) is 13.1. The first-order valence-electron chi connectivity index (χ1n) is 5.22. The SMILES string of the molecule is O=C(Nc1c(Cl)ccc2scnc12)c1csc(Br)c1. The topological polar surface area (TPSA) is 42.0 Å². The van der Waals surface area contributed by atoms with Crippen LogP contribution in [0.25, 0.3) is 10.2 Å². The summed E-state index contributed by atoms with van der Waals surface area (Å²) in [6.45, 7) is 0. The van der Waals surface area contributed by atoms with Gasteiger partial charge in [0.05, 0.1) is 30.3 Å². The van der Waals surface area contributed by atoms with E-state index in [2.05, 4.69) is 26.2 Å². The third-order valence-electron chi connectivity index (χ3n) is 2.52. The number of anilines is 1. The van der Waals surface area contributed by atoms with Crippen molar-refractivity contribution in [3.63, 3.8) is 0 Å². The molecule has 0 spiro atoms. The lowest BCUT2D eigenvalue weighted by Crippen LogP contribution is -2.11. The van der Waals surface area contributed by atoms with Gasteiger partial charge in [-0.3, -0.25) is 4.79 Å². The maximum Gasteiger partial charge on any atom is 0.256 e. The van der Waals surface area contributed by atoms with Crippen molar-refractivity contribution in [1.29, 1.82) is 0 Å². The van der Waals surface area contributed by atoms with Gasteiger partial charge in [-0.25, -0.2) is 4.98 Å². The Morgan fingerprint density at radius 2 is 2.21 bits per heavy atom. The number of aromatic nitrogens is 1. The maximum atomic E-state index is 12.1. The normalized spacial score (nSPS) is 10.8. The van der Waals surface area contributed by atoms with E-state index in [0.29, 0.717) is 16.3 Å². The quantitative estimate of drug-likeness (QED) is 0.685. The van der Waals surface area contributed by atoms with Crippen LogP contribution < -0.4 is 5.32 Å². The van der Waals surface area contributed by atoms with E-state index in [1.54, 1.807) is 23.0 Å². The lowest BCUT2D eigenvalue weighted by Gasteiger charge is -2.06. The molecule has 0 aliphatic carbocycles. The number of carbonyl (C=O) groups excluding carboxylic acids is 1. The van der Waals surface area contributed by atoms with E-state index < -0.39 is 0 Å². The van der Waals surface area contributed by atoms with Crippen molar-refractivity contribution in [3.8, 4) is 0 Å². The molecule has 0 unspecified atom stereocenters. The van der Waals surface area contributed by atoms with Gasteiger partial charge >= 0.3 is 0 Å². The Balaban J connectivity index is 1.99. The summed E-state index contributed by atoms with van der Waals surface area (Å²) in [6, 6.07) is 5.43. The number of thiazole rings is 1. The van der Waals surface area contributed by atoms with Gasteiger partial charge in [0.1, 0.15) is 5.52 Å². The van der Waals surface area contributed by atoms with Crippen molar-refractivity contribution in [2.24, 2.45) is 0 Å². The lowest BCUT2D eigenvalue weighted by molar-refractivity contribution is 0.102. The number of benzene rings is 1. The second-order valence-corrected chi connectivity index (χ2v) is 7.30. The monoisotopic (exact) mass is 372 g/mol. The van der Waals surface area contributed by atoms with Gasteiger partial charge in [0.2, 0.25) is 0 Å². The van der Waals surface area contributed by atoms with E-state index in [4.69, 9.17) is 11.6 Å². The van der Waals surface area contributed by atoms with Crippen LogP contribution in [0.1, 0.15) is 10.4 Å². The largest absolute Gasteiger partial charge is 0.319 e. The first-order chi connectivity index (χ1) is 9.15. The minimum absolute atomic E-state index is 0.190. The van der Waals surface area contributed by atoms with Gasteiger partial charge in [0.25, 0.3) is 5.91 Å². The minimum atomic E-state index is -0.190. The molecule has 0 fully saturated rings. The predicted molar refractivity (Wildman–Crippen MR) is 84.6 cm³/mol. The van der Waals surface area contributed by atoms with Gasteiger partial charge in [-0.05, 0) is 34.1 Å². The van der Waals surface area contributed by atoms with Crippen LogP contribution in [0, 0.1) is 0 Å². The Kier molecular flexibility index (Phi) is 3.58. The molecule has 0 aliphatic rings. The number of nitrogens with zero attached hydrogens (tertiary/aromatic N) is 1. The zero-order valence-electron chi connectivity index (χ0n) is 9.31. The van der Waals surface area contributed by atoms with Gasteiger partial charge in [0, 0.05) is 5.38 Å². The molecule has 19 heavy (non-hydrogen) atoms. The molecule has 0 saturated carbocycles. The number of carbonyl (C=O) groups is 1. The summed E-state index contributed by atoms with van der Waals surface area (Å²) >= 11 is 12.4. The average Bonchev–Trinajstić information content (AvgIpc) is 3.01. The Bertz CT molecular complexity index is 768. The molecule has 0 aliphatic heterocycles. The fourth-order valence-corrected chi connectivity index (χ4v) is 3.66. The summed E-state index contributed by atoms with van der Waals surface area (Å²) in [5.74, 6) is -0.190. The summed E-state index contributed by atoms with van der Waals surface area (Å²) in [7, 11) is 0. The molecule has 1 amide bonds. The van der Waals surface area contributed by atoms with Gasteiger partial charge in [-0.1, -0.05) is 11.6 Å². The van der Waals surface area contributed by atoms with Crippen LogP contribution in [0.3, 0.4) is 0 Å². The van der Waals surface area contributed by atoms with Crippen molar-refractivity contribution in [2.75, 3.05) is 5.32 Å². The molecule has 3 nitrogen and oxygen atoms in total. The zero-order chi connectivity index (χ0) is 13.4. The van der Waals surface area contributed by atoms with Gasteiger partial charge < -0.3 is 5.32 Å². The van der Waals surface area contributed by atoms with Crippen molar-refractivity contribution < 1.29 is 4.79 Å². The number of rotatable bonds is 2. The predicted octanol–water partition coefficient (Wildman–Crippen LogP) is 5.03. The molecule has 0 radical (unpaired) electrons. The summed E-state index contributed by atoms with van der Waals surface area (Å²) in [5.41, 5.74) is 3.62. The maximum absolute atomic E-state index is 12.1. The zero-order valence-corrected chi connectivity index (χ0v) is 13.3. The molecule has 1 N–H and O–H groups in total. The molecule has 1 aromatic carbocycles. The number of halogens is 2. The molecule has 0 saturated heterocycles. The summed E-state index contributed by atoms with van der Waals surface area (Å²) in [4.78, 5) is 16.4. The fourth-order valence-electron chi connectivity index (χ4n) is 1.64. The lowest BCUT2D eigenvalue weighted by atomic mass is 10.2. The number of hydrogen-bond donors (Lipinski definition) is 1. The van der Waals surface area contributed by atoms with Crippen LogP contribution in [0.5, 0.6) is 0 Å². The first-order valence-corrected chi connectivity index (χ1v) is 8.15. The van der Waals surface area contributed by atoms with Crippen LogP contribution >= 0.6 is 50.2 Å². The molecule has 7 heteroatoms. The van der Waals surface area contributed by atoms with Crippen LogP contribution in [-0.4, -0.2) is 10.9 Å². The number of amides is 1. The van der Waals surface area contributed by atoms with Crippen LogP contribution in [0.2, 0.25) is 5.02 Å². The number of nitrogens with one attached hydrogen (secondary N) is 1. The van der Waals surface area contributed by atoms with E-state index in [1.165, 1.54) is 22.7 Å². The van der Waals surface area contributed by atoms with E-state index in [-0.39, 0.29) is 5.91 Å². The summed E-state index contributed by atoms with van der Waals surface area (Å²) in [6.07, 6.45) is 0. The standard InChI is InChI=1S/C12H6BrClN2OS2/c13-9-3-6(4-18-9)12(17)16-10-7(14)1-2-8-11(10)15-5-19-8/h1-5H,(H,16,17). The number of thiophene rings is 1. The minimum Gasteiger partial charge on any atom is -0.319 e. The Morgan fingerprint density at radius 3 is 2.95 bits per heavy atom. The molecule has 3 rings (SSSR count). The second kappa shape index (κ2) is 5.20. The molecule has 96 valence electrons. The third kappa shape index (κ3) is 2.53. The highest BCUT2D eigenvalue weighted by molar-refractivity contribution is 9.11. The highest BCUT2D eigenvalue weighted by atomic mass is 79.9. The molecule has 2 heterocycles. The van der Waals surface area contributed by atoms with E-state index in [0.717, 1.165) is 14.0 Å². The van der Waals surface area contributed by atoms with E-state index >= 15 is 0 Å². The van der Waals surface area contributed by atoms with Crippen LogP contribution in [0.15, 0.2) is 32.9 Å². The van der Waals surface area contributed by atoms with Gasteiger partial charge in [-0.15, -0.1) is 22.7 Å². The molecule has 3 aromatic rings. The van der Waals surface area contributed by atoms with Crippen LogP contribution in [0.4, 0.5) is 5.69 Å². The van der Waals surface area contributed by atoms with Crippen molar-refractivity contribution in [3.05, 3.63) is 43.5 Å². The Hall–Kier alpha value is -0.950. The van der Waals surface area contributed by atoms with Crippen molar-refractivity contribution in [2.45, 2.75) is 0 Å². The van der Waals surface area contributed by atoms with Gasteiger partial charge in [0.15, 0.2) is 0 Å². The second-order valence-electron chi connectivity index (χ2n) is 3.72. The Morgan fingerprint density at radius 1 is 1.37 bits per heavy atom. The molecular formula is C12H6BrClN2OS2. The Labute approximate surface area is 130 Å². The highest BCUT2D eigenvalue weighted by Crippen LogP contribution is 2.33. The van der Waals surface area contributed by atoms with E-state index in [9.17, 15) is 4.79 Å². The average molecular weight is 374 g/mol. The number of fused-ring (bicyclic) bond motifs is 1. The smallest absolute Gasteiger partial charge is 0.256 e. The number of hydrogen-bond acceptors (Lipinski definition) is 4. The third-order valence-corrected chi connectivity index (χ3v) is 5.13. The van der Waals surface area contributed by atoms with Gasteiger partial charge in [-0.2, -0.15) is 0 Å². The fraction of sp³-hybridized carbons (Fsp3) is 0.